The van der Waals surface area contributed by atoms with Gasteiger partial charge in [-0.1, -0.05) is 16.8 Å². The molecule has 2 fully saturated rings. The van der Waals surface area contributed by atoms with E-state index in [0.29, 0.717) is 34.8 Å². The second kappa shape index (κ2) is 11.5. The molecule has 3 aliphatic heterocycles. The van der Waals surface area contributed by atoms with Gasteiger partial charge in [0, 0.05) is 56.0 Å². The molecule has 1 aliphatic carbocycles. The lowest BCUT2D eigenvalue weighted by atomic mass is 10.0. The predicted octanol–water partition coefficient (Wildman–Crippen LogP) is 3.43. The zero-order valence-electron chi connectivity index (χ0n) is 25.7. The summed E-state index contributed by atoms with van der Waals surface area (Å²) in [5.74, 6) is 3.49. The lowest BCUT2D eigenvalue weighted by Crippen LogP contribution is -2.57. The van der Waals surface area contributed by atoms with Gasteiger partial charge >= 0.3 is 0 Å². The van der Waals surface area contributed by atoms with Crippen LogP contribution in [0.15, 0.2) is 47.9 Å². The zero-order chi connectivity index (χ0) is 31.5. The largest absolute Gasteiger partial charge is 0.494 e. The van der Waals surface area contributed by atoms with Crippen molar-refractivity contribution in [1.29, 1.82) is 0 Å². The third-order valence-electron chi connectivity index (χ3n) is 9.32. The van der Waals surface area contributed by atoms with Crippen molar-refractivity contribution in [3.05, 3.63) is 64.4 Å². The highest BCUT2D eigenvalue weighted by Crippen LogP contribution is 2.46. The number of amides is 2. The first-order valence-electron chi connectivity index (χ1n) is 15.0. The molecule has 4 aliphatic rings. The minimum absolute atomic E-state index is 0.0512. The summed E-state index contributed by atoms with van der Waals surface area (Å²) in [6.07, 6.45) is 9.93. The van der Waals surface area contributed by atoms with Gasteiger partial charge in [-0.15, -0.1) is 5.10 Å². The number of aryl methyl sites for hydroxylation is 2. The molecule has 1 saturated carbocycles. The molecule has 1 atom stereocenters. The van der Waals surface area contributed by atoms with Gasteiger partial charge < -0.3 is 14.4 Å². The predicted molar refractivity (Wildman–Crippen MR) is 176 cm³/mol. The Kier molecular flexibility index (Phi) is 7.57. The van der Waals surface area contributed by atoms with E-state index in [4.69, 9.17) is 16.3 Å². The standard InChI is InChI=1S/C31H36ClN9O3S/c1-19-29(39(3)37-35-19)40-9-5-21-18-45(12-6-20(21)17-40)36-28(42)24-15-34-27(41-11-10-38(2)31(7-8-31)30(41)43)14-22(24)23-13-26(32)33-16-25(23)44-4/h5,9,13-16,45H,6-8,10-12,17-18H2,1-4H3,(H,36,42). The molecular weight excluding hydrogens is 614 g/mol. The van der Waals surface area contributed by atoms with Crippen molar-refractivity contribution in [2.24, 2.45) is 7.05 Å². The number of allylic oxidation sites excluding steroid dienone is 1. The Labute approximate surface area is 269 Å². The van der Waals surface area contributed by atoms with Crippen LogP contribution in [0.2, 0.25) is 5.15 Å². The van der Waals surface area contributed by atoms with Gasteiger partial charge in [0.2, 0.25) is 5.91 Å². The summed E-state index contributed by atoms with van der Waals surface area (Å²) in [7, 11) is 5.46. The van der Waals surface area contributed by atoms with E-state index in [1.165, 1.54) is 11.1 Å². The van der Waals surface area contributed by atoms with Gasteiger partial charge in [-0.2, -0.15) is 11.1 Å². The number of ether oxygens (including phenoxy) is 1. The van der Waals surface area contributed by atoms with Crippen molar-refractivity contribution >= 4 is 46.1 Å². The van der Waals surface area contributed by atoms with Gasteiger partial charge in [-0.25, -0.2) is 14.6 Å². The average Bonchev–Trinajstić information content (AvgIpc) is 3.78. The second-order valence-corrected chi connectivity index (χ2v) is 14.5. The molecule has 45 heavy (non-hydrogen) atoms. The number of rotatable bonds is 6. The number of aromatic nitrogens is 5. The molecule has 1 spiro atoms. The van der Waals surface area contributed by atoms with Crippen LogP contribution in [0, 0.1) is 6.92 Å². The van der Waals surface area contributed by atoms with E-state index >= 15 is 0 Å². The fraction of sp³-hybridized carbons (Fsp3) is 0.419. The van der Waals surface area contributed by atoms with Gasteiger partial charge in [0.15, 0.2) is 5.82 Å². The molecule has 0 bridgehead atoms. The molecule has 14 heteroatoms. The van der Waals surface area contributed by atoms with Gasteiger partial charge in [0.05, 0.1) is 18.9 Å². The smallest absolute Gasteiger partial charge is 0.261 e. The number of methoxy groups -OCH3 is 1. The van der Waals surface area contributed by atoms with E-state index in [-0.39, 0.29) is 17.0 Å². The number of nitrogens with zero attached hydrogens (tertiary/aromatic N) is 8. The van der Waals surface area contributed by atoms with Crippen molar-refractivity contribution in [2.75, 3.05) is 55.1 Å². The topological polar surface area (TPSA) is 122 Å². The van der Waals surface area contributed by atoms with Gasteiger partial charge in [-0.05, 0) is 68.3 Å². The van der Waals surface area contributed by atoms with E-state index in [0.717, 1.165) is 55.4 Å². The molecule has 0 radical (unpaired) electrons. The SMILES string of the molecule is COc1cnc(Cl)cc1-c1cc(N2CCN(C)C3(CC3)C2=O)ncc1C(=O)N[SH]1CCC2=C(C=CN(c3c(C)nnn3C)C2)C1. The number of halogens is 1. The molecule has 6 heterocycles. The summed E-state index contributed by atoms with van der Waals surface area (Å²) in [6, 6.07) is 3.50. The molecule has 3 aromatic rings. The Hall–Kier alpha value is -3.94. The minimum atomic E-state index is -0.810. The summed E-state index contributed by atoms with van der Waals surface area (Å²) in [6.45, 7) is 4.03. The molecule has 12 nitrogen and oxygen atoms in total. The number of anilines is 2. The van der Waals surface area contributed by atoms with Crippen LogP contribution in [0.1, 0.15) is 35.3 Å². The number of thiol groups is 1. The fourth-order valence-corrected chi connectivity index (χ4v) is 8.80. The van der Waals surface area contributed by atoms with E-state index in [1.807, 2.05) is 27.1 Å². The van der Waals surface area contributed by atoms with Crippen LogP contribution in [0.5, 0.6) is 5.75 Å². The Morgan fingerprint density at radius 3 is 2.69 bits per heavy atom. The maximum Gasteiger partial charge on any atom is 0.261 e. The lowest BCUT2D eigenvalue weighted by Gasteiger charge is -2.38. The fourth-order valence-electron chi connectivity index (χ4n) is 6.61. The quantitative estimate of drug-likeness (QED) is 0.306. The average molecular weight is 650 g/mol. The number of carbonyl (C=O) groups is 2. The van der Waals surface area contributed by atoms with Crippen molar-refractivity contribution in [2.45, 2.75) is 31.7 Å². The van der Waals surface area contributed by atoms with E-state index in [1.54, 1.807) is 35.2 Å². The van der Waals surface area contributed by atoms with E-state index in [9.17, 15) is 9.59 Å². The first-order chi connectivity index (χ1) is 21.7. The molecule has 2 amide bonds. The molecule has 236 valence electrons. The lowest BCUT2D eigenvalue weighted by molar-refractivity contribution is -0.126. The highest BCUT2D eigenvalue weighted by atomic mass is 35.5. The van der Waals surface area contributed by atoms with Gasteiger partial charge in [0.1, 0.15) is 28.0 Å². The van der Waals surface area contributed by atoms with Crippen LogP contribution in [0.25, 0.3) is 11.1 Å². The number of nitrogens with one attached hydrogen (secondary N) is 1. The molecule has 3 aromatic heterocycles. The number of hydrogen-bond acceptors (Lipinski definition) is 9. The number of hydrogen-bond donors (Lipinski definition) is 2. The highest BCUT2D eigenvalue weighted by molar-refractivity contribution is 8.16. The summed E-state index contributed by atoms with van der Waals surface area (Å²) in [5.41, 5.74) is 4.70. The van der Waals surface area contributed by atoms with Gasteiger partial charge in [0.25, 0.3) is 5.91 Å². The number of piperazine rings is 1. The molecule has 1 N–H and O–H groups in total. The van der Waals surface area contributed by atoms with Crippen LogP contribution in [0.3, 0.4) is 0 Å². The van der Waals surface area contributed by atoms with E-state index in [2.05, 4.69) is 47.1 Å². The van der Waals surface area contributed by atoms with Crippen LogP contribution in [0.4, 0.5) is 11.6 Å². The Morgan fingerprint density at radius 2 is 1.96 bits per heavy atom. The van der Waals surface area contributed by atoms with Crippen molar-refractivity contribution in [3.63, 3.8) is 0 Å². The van der Waals surface area contributed by atoms with Crippen LogP contribution < -0.4 is 19.3 Å². The molecule has 1 unspecified atom stereocenters. The third kappa shape index (κ3) is 5.26. The normalized spacial score (nSPS) is 21.7. The van der Waals surface area contributed by atoms with Crippen molar-refractivity contribution < 1.29 is 14.3 Å². The summed E-state index contributed by atoms with van der Waals surface area (Å²) >= 11 is 5.53. The molecule has 1 saturated heterocycles. The Bertz CT molecular complexity index is 1750. The molecular formula is C31H36ClN9O3S. The van der Waals surface area contributed by atoms with Crippen molar-refractivity contribution in [1.82, 2.24) is 34.6 Å². The van der Waals surface area contributed by atoms with E-state index < -0.39 is 16.6 Å². The first kappa shape index (κ1) is 29.8. The first-order valence-corrected chi connectivity index (χ1v) is 17.1. The second-order valence-electron chi connectivity index (χ2n) is 12.0. The molecule has 7 rings (SSSR count). The van der Waals surface area contributed by atoms with Crippen molar-refractivity contribution in [3.8, 4) is 16.9 Å². The Morgan fingerprint density at radius 1 is 1.13 bits per heavy atom. The monoisotopic (exact) mass is 649 g/mol. The number of pyridine rings is 2. The minimum Gasteiger partial charge on any atom is -0.494 e. The van der Waals surface area contributed by atoms with Gasteiger partial charge in [-0.3, -0.25) is 19.4 Å². The number of carbonyl (C=O) groups excluding carboxylic acids is 2. The van der Waals surface area contributed by atoms with Crippen LogP contribution in [-0.2, 0) is 11.8 Å². The summed E-state index contributed by atoms with van der Waals surface area (Å²) in [5, 5.41) is 8.61. The third-order valence-corrected chi connectivity index (χ3v) is 11.5. The zero-order valence-corrected chi connectivity index (χ0v) is 27.4. The molecule has 0 aromatic carbocycles. The van der Waals surface area contributed by atoms with Crippen LogP contribution >= 0.6 is 22.7 Å². The maximum atomic E-state index is 14.0. The number of likely N-dealkylation sites (N-methyl/N-ethyl adjacent to an activating group) is 1. The Balaban J connectivity index is 1.15. The highest BCUT2D eigenvalue weighted by Gasteiger charge is 2.57. The maximum absolute atomic E-state index is 14.0. The summed E-state index contributed by atoms with van der Waals surface area (Å²) < 4.78 is 10.8. The van der Waals surface area contributed by atoms with Crippen LogP contribution in [-0.4, -0.2) is 92.5 Å². The summed E-state index contributed by atoms with van der Waals surface area (Å²) in [4.78, 5) is 42.4.